The molecule has 0 saturated carbocycles. The van der Waals surface area contributed by atoms with Gasteiger partial charge < -0.3 is 15.1 Å². The molecule has 96 valence electrons. The van der Waals surface area contributed by atoms with Crippen molar-refractivity contribution in [1.82, 2.24) is 15.1 Å². The number of rotatable bonds is 7. The highest BCUT2D eigenvalue weighted by molar-refractivity contribution is 4.70. The molecule has 1 atom stereocenters. The second-order valence-electron chi connectivity index (χ2n) is 5.14. The third-order valence-corrected chi connectivity index (χ3v) is 3.45. The first-order chi connectivity index (χ1) is 7.72. The van der Waals surface area contributed by atoms with Crippen LogP contribution in [0.2, 0.25) is 0 Å². The molecule has 0 amide bonds. The van der Waals surface area contributed by atoms with Gasteiger partial charge in [-0.15, -0.1) is 0 Å². The molecule has 3 nitrogen and oxygen atoms in total. The summed E-state index contributed by atoms with van der Waals surface area (Å²) in [5.41, 5.74) is 0. The van der Waals surface area contributed by atoms with Crippen molar-refractivity contribution in [3.63, 3.8) is 0 Å². The van der Waals surface area contributed by atoms with Crippen LogP contribution < -0.4 is 5.32 Å². The molecular weight excluding hydrogens is 198 g/mol. The van der Waals surface area contributed by atoms with Crippen molar-refractivity contribution in [2.75, 3.05) is 46.3 Å². The van der Waals surface area contributed by atoms with Crippen LogP contribution in [0.1, 0.15) is 33.1 Å². The quantitative estimate of drug-likeness (QED) is 0.709. The standard InChI is InChI=1S/C13H29N3/c1-4-7-14-13(2)6-5-8-16-11-9-15(3)10-12-16/h13-14H,4-12H2,1-3H3. The predicted octanol–water partition coefficient (Wildman–Crippen LogP) is 1.40. The maximum Gasteiger partial charge on any atom is 0.0110 e. The van der Waals surface area contributed by atoms with Crippen molar-refractivity contribution in [1.29, 1.82) is 0 Å². The van der Waals surface area contributed by atoms with E-state index in [2.05, 4.69) is 36.0 Å². The summed E-state index contributed by atoms with van der Waals surface area (Å²) in [4.78, 5) is 5.02. The molecule has 0 aromatic carbocycles. The van der Waals surface area contributed by atoms with Gasteiger partial charge in [0.1, 0.15) is 0 Å². The molecule has 1 N–H and O–H groups in total. The van der Waals surface area contributed by atoms with Crippen LogP contribution in [0.5, 0.6) is 0 Å². The van der Waals surface area contributed by atoms with E-state index in [1.807, 2.05) is 0 Å². The van der Waals surface area contributed by atoms with Gasteiger partial charge in [0.15, 0.2) is 0 Å². The molecule has 1 fully saturated rings. The lowest BCUT2D eigenvalue weighted by molar-refractivity contribution is 0.151. The fourth-order valence-electron chi connectivity index (χ4n) is 2.19. The number of hydrogen-bond acceptors (Lipinski definition) is 3. The lowest BCUT2D eigenvalue weighted by atomic mass is 10.1. The minimum absolute atomic E-state index is 0.687. The fourth-order valence-corrected chi connectivity index (χ4v) is 2.19. The van der Waals surface area contributed by atoms with Gasteiger partial charge in [-0.05, 0) is 46.3 Å². The van der Waals surface area contributed by atoms with Gasteiger partial charge in [-0.1, -0.05) is 6.92 Å². The molecule has 0 bridgehead atoms. The van der Waals surface area contributed by atoms with Crippen LogP contribution in [0.15, 0.2) is 0 Å². The first-order valence-corrected chi connectivity index (χ1v) is 6.86. The van der Waals surface area contributed by atoms with Gasteiger partial charge >= 0.3 is 0 Å². The third-order valence-electron chi connectivity index (χ3n) is 3.45. The van der Waals surface area contributed by atoms with Gasteiger partial charge in [-0.25, -0.2) is 0 Å². The zero-order valence-electron chi connectivity index (χ0n) is 11.3. The SMILES string of the molecule is CCCNC(C)CCCN1CCN(C)CC1. The predicted molar refractivity (Wildman–Crippen MR) is 70.9 cm³/mol. The van der Waals surface area contributed by atoms with Gasteiger partial charge in [0.05, 0.1) is 0 Å². The molecule has 1 aliphatic heterocycles. The average Bonchev–Trinajstić information content (AvgIpc) is 2.29. The maximum absolute atomic E-state index is 3.55. The molecule has 3 heteroatoms. The van der Waals surface area contributed by atoms with Crippen molar-refractivity contribution < 1.29 is 0 Å². The van der Waals surface area contributed by atoms with Crippen molar-refractivity contribution >= 4 is 0 Å². The number of piperazine rings is 1. The number of nitrogens with one attached hydrogen (secondary N) is 1. The summed E-state index contributed by atoms with van der Waals surface area (Å²) in [6, 6.07) is 0.687. The van der Waals surface area contributed by atoms with Gasteiger partial charge in [-0.3, -0.25) is 0 Å². The van der Waals surface area contributed by atoms with Crippen molar-refractivity contribution in [2.45, 2.75) is 39.2 Å². The largest absolute Gasteiger partial charge is 0.314 e. The second-order valence-corrected chi connectivity index (χ2v) is 5.14. The van der Waals surface area contributed by atoms with E-state index in [9.17, 15) is 0 Å². The van der Waals surface area contributed by atoms with Gasteiger partial charge in [-0.2, -0.15) is 0 Å². The Morgan fingerprint density at radius 2 is 1.88 bits per heavy atom. The van der Waals surface area contributed by atoms with Gasteiger partial charge in [0.2, 0.25) is 0 Å². The summed E-state index contributed by atoms with van der Waals surface area (Å²) >= 11 is 0. The zero-order valence-corrected chi connectivity index (χ0v) is 11.3. The van der Waals surface area contributed by atoms with Crippen LogP contribution in [0, 0.1) is 0 Å². The van der Waals surface area contributed by atoms with Crippen LogP contribution in [0.25, 0.3) is 0 Å². The Morgan fingerprint density at radius 1 is 1.19 bits per heavy atom. The van der Waals surface area contributed by atoms with E-state index in [4.69, 9.17) is 0 Å². The van der Waals surface area contributed by atoms with Crippen LogP contribution in [-0.4, -0.2) is 62.2 Å². The second kappa shape index (κ2) is 8.04. The third kappa shape index (κ3) is 5.83. The van der Waals surface area contributed by atoms with E-state index in [-0.39, 0.29) is 0 Å². The van der Waals surface area contributed by atoms with Crippen LogP contribution in [-0.2, 0) is 0 Å². The first-order valence-electron chi connectivity index (χ1n) is 6.86. The number of likely N-dealkylation sites (N-methyl/N-ethyl adjacent to an activating group) is 1. The summed E-state index contributed by atoms with van der Waals surface area (Å²) in [6.07, 6.45) is 3.89. The van der Waals surface area contributed by atoms with E-state index in [0.29, 0.717) is 6.04 Å². The molecule has 0 radical (unpaired) electrons. The van der Waals surface area contributed by atoms with Gasteiger partial charge in [0.25, 0.3) is 0 Å². The Bertz CT molecular complexity index is 165. The summed E-state index contributed by atoms with van der Waals surface area (Å²) in [6.45, 7) is 12.0. The number of nitrogens with zero attached hydrogens (tertiary/aromatic N) is 2. The molecule has 1 unspecified atom stereocenters. The molecule has 0 aliphatic carbocycles. The highest BCUT2D eigenvalue weighted by Gasteiger charge is 2.13. The fraction of sp³-hybridized carbons (Fsp3) is 1.00. The Kier molecular flexibility index (Phi) is 7.01. The zero-order chi connectivity index (χ0) is 11.8. The van der Waals surface area contributed by atoms with Crippen molar-refractivity contribution in [3.05, 3.63) is 0 Å². The smallest absolute Gasteiger partial charge is 0.0110 e. The topological polar surface area (TPSA) is 18.5 Å². The van der Waals surface area contributed by atoms with Crippen LogP contribution in [0.4, 0.5) is 0 Å². The summed E-state index contributed by atoms with van der Waals surface area (Å²) in [5, 5.41) is 3.55. The first kappa shape index (κ1) is 13.9. The van der Waals surface area contributed by atoms with Crippen molar-refractivity contribution in [3.8, 4) is 0 Å². The highest BCUT2D eigenvalue weighted by atomic mass is 15.2. The minimum atomic E-state index is 0.687. The maximum atomic E-state index is 3.55. The lowest BCUT2D eigenvalue weighted by Crippen LogP contribution is -2.44. The van der Waals surface area contributed by atoms with E-state index < -0.39 is 0 Å². The van der Waals surface area contributed by atoms with Crippen LogP contribution in [0.3, 0.4) is 0 Å². The molecule has 0 aromatic rings. The molecule has 1 saturated heterocycles. The molecule has 1 heterocycles. The Hall–Kier alpha value is -0.120. The Labute approximate surface area is 101 Å². The van der Waals surface area contributed by atoms with Gasteiger partial charge in [0, 0.05) is 32.2 Å². The molecule has 0 spiro atoms. The monoisotopic (exact) mass is 227 g/mol. The highest BCUT2D eigenvalue weighted by Crippen LogP contribution is 2.03. The van der Waals surface area contributed by atoms with E-state index in [1.165, 1.54) is 52.0 Å². The number of hydrogen-bond donors (Lipinski definition) is 1. The van der Waals surface area contributed by atoms with E-state index in [0.717, 1.165) is 6.54 Å². The van der Waals surface area contributed by atoms with E-state index >= 15 is 0 Å². The van der Waals surface area contributed by atoms with Crippen LogP contribution >= 0.6 is 0 Å². The summed E-state index contributed by atoms with van der Waals surface area (Å²) in [5.74, 6) is 0. The Balaban J connectivity index is 1.98. The minimum Gasteiger partial charge on any atom is -0.314 e. The van der Waals surface area contributed by atoms with E-state index in [1.54, 1.807) is 0 Å². The Morgan fingerprint density at radius 3 is 2.50 bits per heavy atom. The molecular formula is C13H29N3. The molecule has 0 aromatic heterocycles. The lowest BCUT2D eigenvalue weighted by Gasteiger charge is -2.32. The molecule has 16 heavy (non-hydrogen) atoms. The normalized spacial score (nSPS) is 21.2. The van der Waals surface area contributed by atoms with Crippen molar-refractivity contribution in [2.24, 2.45) is 0 Å². The summed E-state index contributed by atoms with van der Waals surface area (Å²) in [7, 11) is 2.22. The molecule has 1 aliphatic rings. The summed E-state index contributed by atoms with van der Waals surface area (Å²) < 4.78 is 0. The molecule has 1 rings (SSSR count). The average molecular weight is 227 g/mol.